The lowest BCUT2D eigenvalue weighted by atomic mass is 10.1. The molecule has 1 aromatic carbocycles. The molecule has 1 aliphatic carbocycles. The average Bonchev–Trinajstić information content (AvgIpc) is 3.59. The molecule has 12 nitrogen and oxygen atoms in total. The Labute approximate surface area is 228 Å². The molecule has 0 aliphatic heterocycles. The molecule has 15 heteroatoms. The summed E-state index contributed by atoms with van der Waals surface area (Å²) in [5.41, 5.74) is -1.43. The van der Waals surface area contributed by atoms with Gasteiger partial charge in [0.1, 0.15) is 17.0 Å². The van der Waals surface area contributed by atoms with Crippen LogP contribution in [-0.2, 0) is 22.9 Å². The average molecular weight is 655 g/mol. The number of hydrogen-bond acceptors (Lipinski definition) is 7. The molecular weight excluding hydrogens is 632 g/mol. The van der Waals surface area contributed by atoms with Crippen LogP contribution in [0.3, 0.4) is 0 Å². The van der Waals surface area contributed by atoms with Crippen LogP contribution in [0.25, 0.3) is 16.6 Å². The van der Waals surface area contributed by atoms with Crippen molar-refractivity contribution in [1.82, 2.24) is 28.2 Å². The Morgan fingerprint density at radius 2 is 1.89 bits per heavy atom. The van der Waals surface area contributed by atoms with Crippen LogP contribution in [0.1, 0.15) is 24.4 Å². The molecule has 0 atom stereocenters. The first kappa shape index (κ1) is 26.3. The van der Waals surface area contributed by atoms with Crippen LogP contribution in [0.15, 0.2) is 45.0 Å². The van der Waals surface area contributed by atoms with Gasteiger partial charge in [0.25, 0.3) is 11.1 Å². The van der Waals surface area contributed by atoms with E-state index in [2.05, 4.69) is 15.1 Å². The molecule has 0 spiro atoms. The highest BCUT2D eigenvalue weighted by molar-refractivity contribution is 14.1. The van der Waals surface area contributed by atoms with Crippen molar-refractivity contribution in [3.05, 3.63) is 76.7 Å². The molecule has 0 saturated heterocycles. The molecule has 2 N–H and O–H groups in total. The van der Waals surface area contributed by atoms with Crippen molar-refractivity contribution in [1.29, 1.82) is 0 Å². The SMILES string of the molecule is CNS(=O)(=O)Cn1cc(-n2c(=O)n(C3CC3)c(=O)c3c(Nc4ccc(I)cc4F)n(C)c(=O)c(C)c32)cn1. The number of nitrogens with zero attached hydrogens (tertiary/aromatic N) is 5. The number of rotatable bonds is 7. The smallest absolute Gasteiger partial charge is 0.336 e. The van der Waals surface area contributed by atoms with Gasteiger partial charge in [-0.3, -0.25) is 28.0 Å². The summed E-state index contributed by atoms with van der Waals surface area (Å²) >= 11 is 1.97. The van der Waals surface area contributed by atoms with Crippen molar-refractivity contribution in [2.45, 2.75) is 31.7 Å². The molecule has 0 radical (unpaired) electrons. The Morgan fingerprint density at radius 1 is 1.18 bits per heavy atom. The highest BCUT2D eigenvalue weighted by Crippen LogP contribution is 2.34. The first-order chi connectivity index (χ1) is 17.9. The van der Waals surface area contributed by atoms with E-state index in [4.69, 9.17) is 0 Å². The number of benzene rings is 1. The number of hydrogen-bond donors (Lipinski definition) is 2. The lowest BCUT2D eigenvalue weighted by Crippen LogP contribution is -2.41. The second kappa shape index (κ2) is 9.46. The summed E-state index contributed by atoms with van der Waals surface area (Å²) in [6.45, 7) is 1.49. The maximum atomic E-state index is 14.8. The predicted octanol–water partition coefficient (Wildman–Crippen LogP) is 1.68. The van der Waals surface area contributed by atoms with Gasteiger partial charge in [-0.05, 0) is 67.6 Å². The van der Waals surface area contributed by atoms with Gasteiger partial charge in [-0.15, -0.1) is 0 Å². The molecular formula is C23H23FIN7O5S. The molecule has 3 aromatic heterocycles. The minimum Gasteiger partial charge on any atom is -0.338 e. The zero-order chi connectivity index (χ0) is 27.5. The second-order valence-corrected chi connectivity index (χ2v) is 12.2. The van der Waals surface area contributed by atoms with Crippen LogP contribution >= 0.6 is 22.6 Å². The number of pyridine rings is 1. The molecule has 3 heterocycles. The van der Waals surface area contributed by atoms with Gasteiger partial charge in [0.15, 0.2) is 5.88 Å². The molecule has 200 valence electrons. The summed E-state index contributed by atoms with van der Waals surface area (Å²) in [4.78, 5) is 40.8. The fourth-order valence-electron chi connectivity index (χ4n) is 4.35. The van der Waals surface area contributed by atoms with Gasteiger partial charge < -0.3 is 5.32 Å². The number of sulfonamides is 1. The summed E-state index contributed by atoms with van der Waals surface area (Å²) in [6, 6.07) is 4.15. The van der Waals surface area contributed by atoms with Crippen molar-refractivity contribution in [3.8, 4) is 5.69 Å². The van der Waals surface area contributed by atoms with Crippen molar-refractivity contribution in [2.24, 2.45) is 7.05 Å². The minimum absolute atomic E-state index is 0.0182. The molecule has 0 bridgehead atoms. The van der Waals surface area contributed by atoms with Crippen LogP contribution in [0, 0.1) is 16.3 Å². The van der Waals surface area contributed by atoms with Crippen molar-refractivity contribution in [3.63, 3.8) is 0 Å². The van der Waals surface area contributed by atoms with E-state index in [0.29, 0.717) is 16.4 Å². The topological polar surface area (TPSA) is 142 Å². The minimum atomic E-state index is -3.67. The van der Waals surface area contributed by atoms with Gasteiger partial charge in [-0.1, -0.05) is 0 Å². The Bertz CT molecular complexity index is 1900. The third kappa shape index (κ3) is 4.47. The van der Waals surface area contributed by atoms with E-state index >= 15 is 0 Å². The van der Waals surface area contributed by atoms with Gasteiger partial charge in [0.05, 0.1) is 29.3 Å². The summed E-state index contributed by atoms with van der Waals surface area (Å²) in [7, 11) is -0.945. The number of nitrogens with one attached hydrogen (secondary N) is 2. The third-order valence-corrected chi connectivity index (χ3v) is 8.33. The maximum absolute atomic E-state index is 14.8. The maximum Gasteiger partial charge on any atom is 0.336 e. The van der Waals surface area contributed by atoms with Gasteiger partial charge in [0, 0.05) is 22.2 Å². The van der Waals surface area contributed by atoms with E-state index in [1.807, 2.05) is 22.6 Å². The lowest BCUT2D eigenvalue weighted by Gasteiger charge is -2.20. The van der Waals surface area contributed by atoms with Gasteiger partial charge in [0.2, 0.25) is 10.0 Å². The van der Waals surface area contributed by atoms with Gasteiger partial charge in [-0.2, -0.15) is 5.10 Å². The Hall–Kier alpha value is -3.31. The summed E-state index contributed by atoms with van der Waals surface area (Å²) < 4.78 is 46.3. The number of aromatic nitrogens is 5. The van der Waals surface area contributed by atoms with Crippen LogP contribution in [0.4, 0.5) is 15.9 Å². The molecule has 4 aromatic rings. The number of anilines is 2. The fourth-order valence-corrected chi connectivity index (χ4v) is 5.42. The van der Waals surface area contributed by atoms with Crippen LogP contribution in [0.2, 0.25) is 0 Å². The largest absolute Gasteiger partial charge is 0.338 e. The van der Waals surface area contributed by atoms with Crippen LogP contribution in [0.5, 0.6) is 0 Å². The second-order valence-electron chi connectivity index (χ2n) is 9.02. The lowest BCUT2D eigenvalue weighted by molar-refractivity contribution is 0.567. The van der Waals surface area contributed by atoms with E-state index < -0.39 is 38.5 Å². The third-order valence-electron chi connectivity index (χ3n) is 6.43. The van der Waals surface area contributed by atoms with Crippen molar-refractivity contribution in [2.75, 3.05) is 12.4 Å². The molecule has 1 fully saturated rings. The Balaban J connectivity index is 1.85. The van der Waals surface area contributed by atoms with E-state index in [1.165, 1.54) is 54.7 Å². The quantitative estimate of drug-likeness (QED) is 0.289. The molecule has 1 aliphatic rings. The molecule has 38 heavy (non-hydrogen) atoms. The summed E-state index contributed by atoms with van der Waals surface area (Å²) in [6.07, 6.45) is 3.88. The fraction of sp³-hybridized carbons (Fsp3) is 0.304. The van der Waals surface area contributed by atoms with Gasteiger partial charge in [-0.25, -0.2) is 22.3 Å². The van der Waals surface area contributed by atoms with Crippen LogP contribution in [-0.4, -0.2) is 38.9 Å². The Morgan fingerprint density at radius 3 is 2.53 bits per heavy atom. The summed E-state index contributed by atoms with van der Waals surface area (Å²) in [5, 5.41) is 6.98. The standard InChI is InChI=1S/C23H23FIN7O5S/c1-12-19-18(20(29(3)21(12)33)28-17-7-4-13(25)8-16(17)24)22(34)32(14-5-6-14)23(35)31(19)15-9-27-30(10-15)11-38(36,37)26-2/h4,7-10,14,26,28H,5-6,11H2,1-3H3. The molecule has 1 saturated carbocycles. The van der Waals surface area contributed by atoms with E-state index in [9.17, 15) is 27.2 Å². The number of halogens is 2. The monoisotopic (exact) mass is 655 g/mol. The predicted molar refractivity (Wildman–Crippen MR) is 148 cm³/mol. The van der Waals surface area contributed by atoms with Crippen molar-refractivity contribution < 1.29 is 12.8 Å². The molecule has 0 amide bonds. The summed E-state index contributed by atoms with van der Waals surface area (Å²) in [5.74, 6) is -1.06. The normalized spacial score (nSPS) is 13.8. The van der Waals surface area contributed by atoms with Gasteiger partial charge >= 0.3 is 5.69 Å². The van der Waals surface area contributed by atoms with E-state index in [0.717, 1.165) is 9.25 Å². The molecule has 5 rings (SSSR count). The van der Waals surface area contributed by atoms with Crippen LogP contribution < -0.4 is 26.8 Å². The van der Waals surface area contributed by atoms with Crippen molar-refractivity contribution >= 4 is 55.0 Å². The van der Waals surface area contributed by atoms with E-state index in [1.54, 1.807) is 6.07 Å². The zero-order valence-electron chi connectivity index (χ0n) is 20.5. The zero-order valence-corrected chi connectivity index (χ0v) is 23.5. The number of fused-ring (bicyclic) bond motifs is 1. The highest BCUT2D eigenvalue weighted by atomic mass is 127. The first-order valence-corrected chi connectivity index (χ1v) is 14.2. The number of aryl methyl sites for hydroxylation is 1. The Kier molecular flexibility index (Phi) is 6.55. The van der Waals surface area contributed by atoms with E-state index in [-0.39, 0.29) is 39.7 Å². The first-order valence-electron chi connectivity index (χ1n) is 11.5. The molecule has 0 unspecified atom stereocenters. The highest BCUT2D eigenvalue weighted by Gasteiger charge is 2.32.